The zero-order valence-corrected chi connectivity index (χ0v) is 18.3. The minimum Gasteiger partial charge on any atom is -0.480 e. The van der Waals surface area contributed by atoms with Crippen molar-refractivity contribution < 1.29 is 19.0 Å². The summed E-state index contributed by atoms with van der Waals surface area (Å²) in [5.74, 6) is -0.297. The number of carboxylic acid groups (broad SMARTS) is 1. The number of aromatic nitrogens is 2. The van der Waals surface area contributed by atoms with Gasteiger partial charge in [-0.15, -0.1) is 0 Å². The molecule has 1 aliphatic rings. The van der Waals surface area contributed by atoms with Gasteiger partial charge in [0, 0.05) is 17.7 Å². The lowest BCUT2D eigenvalue weighted by Crippen LogP contribution is -2.23. The molecule has 1 fully saturated rings. The first-order chi connectivity index (χ1) is 15.5. The average Bonchev–Trinajstić information content (AvgIpc) is 3.11. The predicted molar refractivity (Wildman–Crippen MR) is 122 cm³/mol. The number of rotatable bonds is 8. The molecule has 1 N–H and O–H groups in total. The Morgan fingerprint density at radius 3 is 2.44 bits per heavy atom. The Balaban J connectivity index is 1.55. The molecule has 0 radical (unpaired) electrons. The molecule has 168 valence electrons. The second-order valence-corrected chi connectivity index (χ2v) is 8.66. The van der Waals surface area contributed by atoms with Gasteiger partial charge in [-0.05, 0) is 62.1 Å². The number of carboxylic acids is 1. The summed E-state index contributed by atoms with van der Waals surface area (Å²) in [7, 11) is 0. The molecule has 5 nitrogen and oxygen atoms in total. The number of nitrogens with zero attached hydrogens (tertiary/aromatic N) is 2. The molecule has 3 aromatic rings. The number of ether oxygens (including phenoxy) is 1. The van der Waals surface area contributed by atoms with E-state index in [4.69, 9.17) is 14.9 Å². The van der Waals surface area contributed by atoms with Crippen LogP contribution in [0.4, 0.5) is 4.39 Å². The lowest BCUT2D eigenvalue weighted by Gasteiger charge is -2.28. The van der Waals surface area contributed by atoms with Gasteiger partial charge in [0.25, 0.3) is 0 Å². The predicted octanol–water partition coefficient (Wildman–Crippen LogP) is 5.57. The SMILES string of the molecule is Cc1nn(CC2CCC(COCC(=O)O)CC2)c(-c2cccc(F)c2)c1-c1ccccc1. The van der Waals surface area contributed by atoms with E-state index in [0.29, 0.717) is 18.4 Å². The fourth-order valence-corrected chi connectivity index (χ4v) is 4.73. The van der Waals surface area contributed by atoms with E-state index in [1.165, 1.54) is 6.07 Å². The van der Waals surface area contributed by atoms with Crippen LogP contribution in [-0.4, -0.2) is 34.1 Å². The summed E-state index contributed by atoms with van der Waals surface area (Å²) in [6, 6.07) is 16.9. The highest BCUT2D eigenvalue weighted by Crippen LogP contribution is 2.37. The lowest BCUT2D eigenvalue weighted by molar-refractivity contribution is -0.142. The van der Waals surface area contributed by atoms with Crippen molar-refractivity contribution in [3.05, 3.63) is 66.1 Å². The summed E-state index contributed by atoms with van der Waals surface area (Å²) in [4.78, 5) is 10.6. The third-order valence-electron chi connectivity index (χ3n) is 6.26. The highest BCUT2D eigenvalue weighted by Gasteiger charge is 2.25. The zero-order valence-electron chi connectivity index (χ0n) is 18.3. The highest BCUT2D eigenvalue weighted by molar-refractivity contribution is 5.83. The first-order valence-electron chi connectivity index (χ1n) is 11.2. The minimum atomic E-state index is -0.924. The molecule has 6 heteroatoms. The first-order valence-corrected chi connectivity index (χ1v) is 11.2. The molecule has 0 aliphatic heterocycles. The largest absolute Gasteiger partial charge is 0.480 e. The molecule has 32 heavy (non-hydrogen) atoms. The maximum Gasteiger partial charge on any atom is 0.329 e. The van der Waals surface area contributed by atoms with Gasteiger partial charge in [-0.3, -0.25) is 4.68 Å². The van der Waals surface area contributed by atoms with Crippen molar-refractivity contribution in [2.24, 2.45) is 11.8 Å². The number of hydrogen-bond donors (Lipinski definition) is 1. The van der Waals surface area contributed by atoms with Crippen molar-refractivity contribution in [2.75, 3.05) is 13.2 Å². The van der Waals surface area contributed by atoms with Crippen LogP contribution >= 0.6 is 0 Å². The van der Waals surface area contributed by atoms with Crippen LogP contribution in [-0.2, 0) is 16.1 Å². The van der Waals surface area contributed by atoms with Gasteiger partial charge in [-0.1, -0.05) is 42.5 Å². The van der Waals surface area contributed by atoms with Crippen molar-refractivity contribution in [1.29, 1.82) is 0 Å². The van der Waals surface area contributed by atoms with Crippen LogP contribution in [0.5, 0.6) is 0 Å². The number of halogens is 1. The molecule has 0 saturated heterocycles. The van der Waals surface area contributed by atoms with E-state index in [1.807, 2.05) is 31.2 Å². The third kappa shape index (κ3) is 5.25. The standard InChI is InChI=1S/C26H29FN2O3/c1-18-25(21-6-3-2-4-7-21)26(22-8-5-9-23(27)14-22)29(28-18)15-19-10-12-20(13-11-19)16-32-17-24(30)31/h2-9,14,19-20H,10-13,15-17H2,1H3,(H,30,31). The van der Waals surface area contributed by atoms with Gasteiger partial charge in [0.15, 0.2) is 0 Å². The monoisotopic (exact) mass is 436 g/mol. The third-order valence-corrected chi connectivity index (χ3v) is 6.26. The molecule has 4 rings (SSSR count). The average molecular weight is 437 g/mol. The van der Waals surface area contributed by atoms with Gasteiger partial charge in [0.05, 0.1) is 18.0 Å². The Bertz CT molecular complexity index is 1060. The summed E-state index contributed by atoms with van der Waals surface area (Å²) >= 11 is 0. The molecule has 1 saturated carbocycles. The normalized spacial score (nSPS) is 18.6. The smallest absolute Gasteiger partial charge is 0.329 e. The fraction of sp³-hybridized carbons (Fsp3) is 0.385. The molecule has 0 amide bonds. The number of aliphatic carboxylic acids is 1. The van der Waals surface area contributed by atoms with E-state index in [0.717, 1.165) is 60.3 Å². The van der Waals surface area contributed by atoms with Crippen LogP contribution in [0.25, 0.3) is 22.4 Å². The summed E-state index contributed by atoms with van der Waals surface area (Å²) in [5.41, 5.74) is 4.85. The van der Waals surface area contributed by atoms with Crippen molar-refractivity contribution in [3.8, 4) is 22.4 Å². The second kappa shape index (κ2) is 10.1. The summed E-state index contributed by atoms with van der Waals surface area (Å²) in [6.07, 6.45) is 4.13. The summed E-state index contributed by atoms with van der Waals surface area (Å²) < 4.78 is 21.4. The van der Waals surface area contributed by atoms with Gasteiger partial charge in [-0.25, -0.2) is 9.18 Å². The van der Waals surface area contributed by atoms with E-state index >= 15 is 0 Å². The van der Waals surface area contributed by atoms with E-state index in [1.54, 1.807) is 12.1 Å². The number of benzene rings is 2. The Labute approximate surface area is 187 Å². The summed E-state index contributed by atoms with van der Waals surface area (Å²) in [6.45, 7) is 3.07. The molecule has 0 unspecified atom stereocenters. The van der Waals surface area contributed by atoms with E-state index in [2.05, 4.69) is 16.8 Å². The minimum absolute atomic E-state index is 0.230. The van der Waals surface area contributed by atoms with Crippen molar-refractivity contribution in [2.45, 2.75) is 39.2 Å². The summed E-state index contributed by atoms with van der Waals surface area (Å²) in [5, 5.41) is 13.6. The molecule has 1 aromatic heterocycles. The number of aryl methyl sites for hydroxylation is 1. The molecule has 2 aromatic carbocycles. The number of carbonyl (C=O) groups is 1. The highest BCUT2D eigenvalue weighted by atomic mass is 19.1. The van der Waals surface area contributed by atoms with Gasteiger partial charge >= 0.3 is 5.97 Å². The van der Waals surface area contributed by atoms with Crippen LogP contribution in [0, 0.1) is 24.6 Å². The molecular weight excluding hydrogens is 407 g/mol. The molecule has 1 aliphatic carbocycles. The molecule has 0 atom stereocenters. The van der Waals surface area contributed by atoms with Gasteiger partial charge in [0.1, 0.15) is 12.4 Å². The van der Waals surface area contributed by atoms with Gasteiger partial charge in [-0.2, -0.15) is 5.10 Å². The maximum absolute atomic E-state index is 14.1. The molecule has 1 heterocycles. The van der Waals surface area contributed by atoms with Crippen molar-refractivity contribution >= 4 is 5.97 Å². The van der Waals surface area contributed by atoms with Crippen LogP contribution < -0.4 is 0 Å². The topological polar surface area (TPSA) is 64.4 Å². The second-order valence-electron chi connectivity index (χ2n) is 8.66. The van der Waals surface area contributed by atoms with Crippen molar-refractivity contribution in [3.63, 3.8) is 0 Å². The zero-order chi connectivity index (χ0) is 22.5. The van der Waals surface area contributed by atoms with Crippen LogP contribution in [0.15, 0.2) is 54.6 Å². The maximum atomic E-state index is 14.1. The Hall–Kier alpha value is -2.99. The molecular formula is C26H29FN2O3. The Morgan fingerprint density at radius 2 is 1.75 bits per heavy atom. The van der Waals surface area contributed by atoms with Crippen molar-refractivity contribution in [1.82, 2.24) is 9.78 Å². The van der Waals surface area contributed by atoms with Crippen LogP contribution in [0.2, 0.25) is 0 Å². The molecule has 0 spiro atoms. The fourth-order valence-electron chi connectivity index (χ4n) is 4.73. The van der Waals surface area contributed by atoms with Crippen LogP contribution in [0.1, 0.15) is 31.4 Å². The lowest BCUT2D eigenvalue weighted by atomic mass is 9.82. The Morgan fingerprint density at radius 1 is 1.06 bits per heavy atom. The van der Waals surface area contributed by atoms with Gasteiger partial charge in [0.2, 0.25) is 0 Å². The number of hydrogen-bond acceptors (Lipinski definition) is 3. The van der Waals surface area contributed by atoms with Gasteiger partial charge < -0.3 is 9.84 Å². The van der Waals surface area contributed by atoms with Crippen LogP contribution in [0.3, 0.4) is 0 Å². The van der Waals surface area contributed by atoms with E-state index < -0.39 is 5.97 Å². The quantitative estimate of drug-likeness (QED) is 0.501. The van der Waals surface area contributed by atoms with E-state index in [-0.39, 0.29) is 12.4 Å². The Kier molecular flexibility index (Phi) is 7.00. The first kappa shape index (κ1) is 22.2. The van der Waals surface area contributed by atoms with E-state index in [9.17, 15) is 9.18 Å². The molecule has 0 bridgehead atoms.